The van der Waals surface area contributed by atoms with E-state index in [1.807, 2.05) is 218 Å². The molecule has 0 aliphatic rings. The molecule has 0 radical (unpaired) electrons. The van der Waals surface area contributed by atoms with Gasteiger partial charge in [-0.1, -0.05) is 0 Å². The van der Waals surface area contributed by atoms with Gasteiger partial charge in [0.2, 0.25) is 0 Å². The Kier molecular flexibility index (Phi) is 39.3. The molecule has 110 heavy (non-hydrogen) atoms. The summed E-state index contributed by atoms with van der Waals surface area (Å²) < 4.78 is 0. The van der Waals surface area contributed by atoms with Gasteiger partial charge < -0.3 is 141 Å². The van der Waals surface area contributed by atoms with E-state index in [-0.39, 0.29) is 37.9 Å². The highest BCUT2D eigenvalue weighted by molar-refractivity contribution is 5.58. The number of aliphatic hydroxyl groups excluding tert-OH is 6. The molecule has 0 fully saturated rings. The Bertz CT molecular complexity index is 3910. The molecule has 10 aromatic rings. The van der Waals surface area contributed by atoms with Crippen molar-refractivity contribution in [2.75, 3.05) is 176 Å². The fourth-order valence-corrected chi connectivity index (χ4v) is 10.4. The van der Waals surface area contributed by atoms with Crippen LogP contribution in [0.1, 0.15) is 51.4 Å². The monoisotopic (exact) mass is 1500 g/mol. The van der Waals surface area contributed by atoms with E-state index in [0.717, 1.165) is 161 Å². The van der Waals surface area contributed by atoms with Crippen LogP contribution in [0.4, 0.5) is 114 Å². The Hall–Kier alpha value is -12.0. The minimum absolute atomic E-state index is 0.0650. The van der Waals surface area contributed by atoms with Crippen LogP contribution in [0.3, 0.4) is 0 Å². The number of unbranched alkanes of at least 4 members (excludes halogenated alkanes) is 1. The molecule has 0 aliphatic carbocycles. The third-order valence-electron chi connectivity index (χ3n) is 17.0. The summed E-state index contributed by atoms with van der Waals surface area (Å²) in [5, 5.41) is 91.5. The first-order chi connectivity index (χ1) is 53.1. The number of nitrogens with one attached hydrogen (secondary N) is 10. The molecule has 0 heterocycles. The van der Waals surface area contributed by atoms with Crippen molar-refractivity contribution in [2.24, 2.45) is 0 Å². The molecule has 0 bridgehead atoms. The molecule has 0 amide bonds. The smallest absolute Gasteiger partial charge is 0.0988 e. The van der Waals surface area contributed by atoms with Crippen LogP contribution in [-0.2, 0) is 0 Å². The molecule has 5 atom stereocenters. The van der Waals surface area contributed by atoms with Gasteiger partial charge in [0, 0.05) is 179 Å². The molecular weight excluding hydrogens is 1390 g/mol. The van der Waals surface area contributed by atoms with Gasteiger partial charge in [-0.25, -0.2) is 0 Å². The predicted molar refractivity (Wildman–Crippen MR) is 466 cm³/mol. The molecule has 36 N–H and O–H groups in total. The molecule has 10 rings (SSSR count). The number of aliphatic hydroxyl groups is 6. The lowest BCUT2D eigenvalue weighted by atomic mass is 10.1. The van der Waals surface area contributed by atoms with Gasteiger partial charge in [-0.3, -0.25) is 0 Å². The van der Waals surface area contributed by atoms with Crippen LogP contribution in [0.15, 0.2) is 243 Å². The van der Waals surface area contributed by atoms with E-state index in [2.05, 4.69) is 53.2 Å². The maximum Gasteiger partial charge on any atom is 0.0988 e. The lowest BCUT2D eigenvalue weighted by molar-refractivity contribution is 0.0363. The molecule has 0 spiro atoms. The summed E-state index contributed by atoms with van der Waals surface area (Å²) in [6.45, 7) is 5.54. The third kappa shape index (κ3) is 38.0. The average molecular weight is 1500 g/mol. The molecule has 26 heteroatoms. The standard InChI is InChI=1S/C18H26N4O.2C17H24N4O.C16H22N4O2.C16H22N4O/c19-14-4-8-16(9-5-14)21-12-2-1-3-18(13-23)22-17-10-6-15(20)7-11-17;18-13-1-5-15(6-2-13)20-11-9-17(22)10-12-21-16-7-3-14(19)4-8-16;18-13-3-7-15(8-4-13)20-11-1-2-17(22)12-21-16-9-5-14(19)6-10-16;17-11-1-5-13(6-2-11)19-9-15(21)16(22)10-20-14-7-3-12(18)4-8-14;17-12-1-5-14(6-2-12)19-10-9-16(21)11-20-15-7-3-13(18)4-8-15/h4-11,18,21-23H,1-3,12-13,19-20H2;1-8,17,20-22H,9-12,18-19H2;3-10,17,20-22H,1-2,11-12,18-19H2;1-8,15-16,19-22H,9-10,17-18H2;1-8,16,19-21H,9-11,17-18H2. The molecule has 10 aromatic carbocycles. The molecule has 0 saturated carbocycles. The topological polar surface area (TPSA) is 502 Å². The zero-order valence-electron chi connectivity index (χ0n) is 62.7. The number of hydrogen-bond donors (Lipinski definition) is 26. The maximum absolute atomic E-state index is 9.97. The van der Waals surface area contributed by atoms with E-state index in [0.29, 0.717) is 50.3 Å². The van der Waals surface area contributed by atoms with E-state index in [1.165, 1.54) is 0 Å². The van der Waals surface area contributed by atoms with E-state index in [9.17, 15) is 30.6 Å². The highest BCUT2D eigenvalue weighted by atomic mass is 16.3. The third-order valence-corrected chi connectivity index (χ3v) is 17.0. The maximum atomic E-state index is 9.97. The second-order valence-corrected chi connectivity index (χ2v) is 26.5. The van der Waals surface area contributed by atoms with Crippen molar-refractivity contribution < 1.29 is 30.6 Å². The molecule has 590 valence electrons. The van der Waals surface area contributed by atoms with Gasteiger partial charge in [0.15, 0.2) is 0 Å². The second kappa shape index (κ2) is 49.8. The molecule has 0 aliphatic heterocycles. The van der Waals surface area contributed by atoms with Crippen molar-refractivity contribution in [1.82, 2.24) is 0 Å². The number of benzene rings is 10. The first-order valence-electron chi connectivity index (χ1n) is 37.1. The number of nitrogen functional groups attached to an aromatic ring is 10. The average Bonchev–Trinajstić information content (AvgIpc) is 0.926. The van der Waals surface area contributed by atoms with Crippen molar-refractivity contribution in [1.29, 1.82) is 0 Å². The Balaban J connectivity index is 0.000000215. The SMILES string of the molecule is Nc1ccc(NCC(O)C(O)CNc2ccc(N)cc2)cc1.Nc1ccc(NCCC(O)CCNc2ccc(N)cc2)cc1.Nc1ccc(NCCC(O)CNc2ccc(N)cc2)cc1.Nc1ccc(NCCCC(O)CNc2ccc(N)cc2)cc1.Nc1ccc(NCCCCC(CO)Nc2ccc(N)cc2)cc1. The zero-order valence-corrected chi connectivity index (χ0v) is 62.7. The fraction of sp³-hybridized carbons (Fsp3) is 0.286. The quantitative estimate of drug-likeness (QED) is 0.0126. The van der Waals surface area contributed by atoms with Crippen molar-refractivity contribution in [3.63, 3.8) is 0 Å². The summed E-state index contributed by atoms with van der Waals surface area (Å²) in [5.41, 5.74) is 73.4. The van der Waals surface area contributed by atoms with Gasteiger partial charge in [0.1, 0.15) is 0 Å². The first-order valence-corrected chi connectivity index (χ1v) is 37.1. The Labute approximate surface area is 647 Å². The summed E-state index contributed by atoms with van der Waals surface area (Å²) >= 11 is 0. The van der Waals surface area contributed by atoms with E-state index in [1.54, 1.807) is 24.3 Å². The lowest BCUT2D eigenvalue weighted by Crippen LogP contribution is -2.37. The minimum atomic E-state index is -0.890. The van der Waals surface area contributed by atoms with Crippen molar-refractivity contribution in [3.8, 4) is 0 Å². The number of anilines is 20. The van der Waals surface area contributed by atoms with E-state index < -0.39 is 18.3 Å². The predicted octanol–water partition coefficient (Wildman–Crippen LogP) is 11.2. The highest BCUT2D eigenvalue weighted by Crippen LogP contribution is 2.20. The summed E-state index contributed by atoms with van der Waals surface area (Å²) in [6, 6.07) is 75.0. The normalized spacial score (nSPS) is 11.9. The van der Waals surface area contributed by atoms with Gasteiger partial charge in [-0.2, -0.15) is 0 Å². The summed E-state index contributed by atoms with van der Waals surface area (Å²) in [4.78, 5) is 0. The molecule has 0 saturated heterocycles. The van der Waals surface area contributed by atoms with Crippen molar-refractivity contribution in [3.05, 3.63) is 243 Å². The van der Waals surface area contributed by atoms with Crippen LogP contribution in [0.5, 0.6) is 0 Å². The van der Waals surface area contributed by atoms with E-state index >= 15 is 0 Å². The fourth-order valence-electron chi connectivity index (χ4n) is 10.4. The number of nitrogens with two attached hydrogens (primary N) is 10. The van der Waals surface area contributed by atoms with Crippen LogP contribution in [0.25, 0.3) is 0 Å². The molecule has 5 unspecified atom stereocenters. The zero-order chi connectivity index (χ0) is 79.1. The van der Waals surface area contributed by atoms with Crippen LogP contribution >= 0.6 is 0 Å². The van der Waals surface area contributed by atoms with E-state index in [4.69, 9.17) is 57.3 Å². The Morgan fingerprint density at radius 2 is 0.418 bits per heavy atom. The van der Waals surface area contributed by atoms with Gasteiger partial charge in [-0.15, -0.1) is 0 Å². The van der Waals surface area contributed by atoms with Gasteiger partial charge in [0.05, 0.1) is 37.1 Å². The van der Waals surface area contributed by atoms with Crippen LogP contribution in [-0.4, -0.2) is 133 Å². The van der Waals surface area contributed by atoms with Gasteiger partial charge >= 0.3 is 0 Å². The summed E-state index contributed by atoms with van der Waals surface area (Å²) in [6.07, 6.45) is 3.81. The molecular formula is C84H118N20O6. The van der Waals surface area contributed by atoms with Gasteiger partial charge in [0.25, 0.3) is 0 Å². The van der Waals surface area contributed by atoms with Crippen LogP contribution in [0.2, 0.25) is 0 Å². The highest BCUT2D eigenvalue weighted by Gasteiger charge is 2.16. The Morgan fingerprint density at radius 1 is 0.209 bits per heavy atom. The van der Waals surface area contributed by atoms with Gasteiger partial charge in [-0.05, 0) is 294 Å². The molecule has 0 aromatic heterocycles. The van der Waals surface area contributed by atoms with Crippen LogP contribution in [0, 0.1) is 0 Å². The number of hydrogen-bond acceptors (Lipinski definition) is 26. The largest absolute Gasteiger partial charge is 0.399 e. The van der Waals surface area contributed by atoms with Crippen molar-refractivity contribution >= 4 is 114 Å². The molecule has 26 nitrogen and oxygen atoms in total. The summed E-state index contributed by atoms with van der Waals surface area (Å²) in [5.74, 6) is 0. The number of rotatable bonds is 39. The first kappa shape index (κ1) is 86.9. The Morgan fingerprint density at radius 3 is 0.682 bits per heavy atom. The van der Waals surface area contributed by atoms with Crippen molar-refractivity contribution in [2.45, 2.75) is 87.9 Å². The summed E-state index contributed by atoms with van der Waals surface area (Å²) in [7, 11) is 0. The lowest BCUT2D eigenvalue weighted by Gasteiger charge is -2.20. The minimum Gasteiger partial charge on any atom is -0.399 e. The second-order valence-electron chi connectivity index (χ2n) is 26.5. The van der Waals surface area contributed by atoms with Crippen LogP contribution < -0.4 is 111 Å².